The molecule has 1 atom stereocenters. The van der Waals surface area contributed by atoms with Gasteiger partial charge in [-0.3, -0.25) is 14.7 Å². The van der Waals surface area contributed by atoms with Crippen LogP contribution in [0.4, 0.5) is 23.2 Å². The fraction of sp³-hybridized carbons (Fsp3) is 0.190. The van der Waals surface area contributed by atoms with Gasteiger partial charge in [0.05, 0.1) is 23.0 Å². The molecule has 2 aromatic carbocycles. The molecule has 3 aromatic rings. The van der Waals surface area contributed by atoms with Gasteiger partial charge in [-0.15, -0.1) is 0 Å². The highest BCUT2D eigenvalue weighted by Gasteiger charge is 2.34. The molecule has 1 aromatic heterocycles. The van der Waals surface area contributed by atoms with Crippen LogP contribution >= 0.6 is 0 Å². The Labute approximate surface area is 173 Å². The molecule has 31 heavy (non-hydrogen) atoms. The largest absolute Gasteiger partial charge is 0.416 e. The van der Waals surface area contributed by atoms with Crippen molar-refractivity contribution in [2.24, 2.45) is 0 Å². The van der Waals surface area contributed by atoms with Crippen molar-refractivity contribution in [2.45, 2.75) is 25.4 Å². The van der Waals surface area contributed by atoms with Gasteiger partial charge in [0.2, 0.25) is 5.91 Å². The summed E-state index contributed by atoms with van der Waals surface area (Å²) in [5.74, 6) is -2.50. The van der Waals surface area contributed by atoms with Crippen LogP contribution in [0.5, 0.6) is 0 Å². The van der Waals surface area contributed by atoms with E-state index in [0.29, 0.717) is 16.5 Å². The first-order valence-corrected chi connectivity index (χ1v) is 9.25. The molecule has 160 valence electrons. The first-order valence-electron chi connectivity index (χ1n) is 9.25. The van der Waals surface area contributed by atoms with E-state index in [1.54, 1.807) is 0 Å². The number of hydrogen-bond acceptors (Lipinski definition) is 3. The number of carbonyl (C=O) groups excluding carboxylic acids is 2. The summed E-state index contributed by atoms with van der Waals surface area (Å²) < 4.78 is 53.0. The highest BCUT2D eigenvalue weighted by atomic mass is 19.4. The van der Waals surface area contributed by atoms with Gasteiger partial charge >= 0.3 is 6.18 Å². The van der Waals surface area contributed by atoms with E-state index in [-0.39, 0.29) is 29.3 Å². The second-order valence-electron chi connectivity index (χ2n) is 7.21. The number of carbonyl (C=O) groups is 2. The highest BCUT2D eigenvalue weighted by molar-refractivity contribution is 6.07. The Kier molecular flexibility index (Phi) is 5.00. The number of nitrogens with zero attached hydrogens (tertiary/aromatic N) is 1. The second-order valence-corrected chi connectivity index (χ2v) is 7.21. The minimum atomic E-state index is -4.50. The number of aromatic nitrogens is 2. The van der Waals surface area contributed by atoms with Crippen LogP contribution in [0, 0.1) is 5.82 Å². The van der Waals surface area contributed by atoms with Gasteiger partial charge in [-0.05, 0) is 30.7 Å². The minimum Gasteiger partial charge on any atom is -0.330 e. The lowest BCUT2D eigenvalue weighted by Gasteiger charge is -2.27. The van der Waals surface area contributed by atoms with Crippen molar-refractivity contribution in [3.05, 3.63) is 70.8 Å². The predicted octanol–water partition coefficient (Wildman–Crippen LogP) is 4.24. The summed E-state index contributed by atoms with van der Waals surface area (Å²) in [5.41, 5.74) is 0.312. The van der Waals surface area contributed by atoms with Crippen molar-refractivity contribution in [3.8, 4) is 0 Å². The number of fused-ring (bicyclic) bond motifs is 1. The van der Waals surface area contributed by atoms with Gasteiger partial charge in [-0.25, -0.2) is 4.39 Å². The molecule has 2 heterocycles. The van der Waals surface area contributed by atoms with Crippen molar-refractivity contribution in [1.29, 1.82) is 0 Å². The fourth-order valence-corrected chi connectivity index (χ4v) is 3.64. The van der Waals surface area contributed by atoms with E-state index in [4.69, 9.17) is 0 Å². The van der Waals surface area contributed by atoms with Crippen LogP contribution in [0.1, 0.15) is 30.4 Å². The van der Waals surface area contributed by atoms with Crippen molar-refractivity contribution in [1.82, 2.24) is 15.5 Å². The van der Waals surface area contributed by atoms with Crippen molar-refractivity contribution in [2.75, 3.05) is 5.32 Å². The number of halogens is 4. The molecule has 1 aliphatic rings. The van der Waals surface area contributed by atoms with Crippen LogP contribution in [-0.2, 0) is 15.8 Å². The molecule has 2 amide bonds. The number of amides is 2. The standard InChI is InChI=1S/C21H16F4N4O2/c1-10-19(20(31)28-17-6-12-9-26-29-16(12)8-15(17)22)14(7-18(30)27-10)11-2-4-13(5-3-11)21(23,24)25/h2-6,8-9,14H,7H2,1H3,(H,26,29)(H,27,30)(H,28,31)/t14-/m0/s1. The first-order chi connectivity index (χ1) is 14.6. The summed E-state index contributed by atoms with van der Waals surface area (Å²) in [5, 5.41) is 12.1. The highest BCUT2D eigenvalue weighted by Crippen LogP contribution is 2.36. The SMILES string of the molecule is CC1=C(C(=O)Nc2cc3cn[nH]c3cc2F)[C@H](c2ccc(C(F)(F)F)cc2)CC(=O)N1. The molecule has 0 saturated carbocycles. The Morgan fingerprint density at radius 1 is 1.19 bits per heavy atom. The summed E-state index contributed by atoms with van der Waals surface area (Å²) in [7, 11) is 0. The van der Waals surface area contributed by atoms with E-state index >= 15 is 0 Å². The predicted molar refractivity (Wildman–Crippen MR) is 104 cm³/mol. The number of alkyl halides is 3. The summed E-state index contributed by atoms with van der Waals surface area (Å²) in [6.45, 7) is 1.51. The van der Waals surface area contributed by atoms with E-state index in [1.807, 2.05) is 0 Å². The summed E-state index contributed by atoms with van der Waals surface area (Å²) >= 11 is 0. The lowest BCUT2D eigenvalue weighted by atomic mass is 9.83. The average molecular weight is 432 g/mol. The van der Waals surface area contributed by atoms with Crippen LogP contribution in [0.3, 0.4) is 0 Å². The summed E-state index contributed by atoms with van der Waals surface area (Å²) in [6, 6.07) is 6.89. The van der Waals surface area contributed by atoms with Gasteiger partial charge in [0.15, 0.2) is 0 Å². The molecule has 4 rings (SSSR count). The molecule has 0 saturated heterocycles. The lowest BCUT2D eigenvalue weighted by molar-refractivity contribution is -0.137. The molecule has 0 unspecified atom stereocenters. The zero-order valence-corrected chi connectivity index (χ0v) is 16.1. The number of hydrogen-bond donors (Lipinski definition) is 3. The van der Waals surface area contributed by atoms with Crippen molar-refractivity contribution in [3.63, 3.8) is 0 Å². The van der Waals surface area contributed by atoms with Crippen LogP contribution in [0.25, 0.3) is 10.9 Å². The number of rotatable bonds is 3. The second kappa shape index (κ2) is 7.53. The third-order valence-corrected chi connectivity index (χ3v) is 5.13. The van der Waals surface area contributed by atoms with Crippen molar-refractivity contribution < 1.29 is 27.2 Å². The Bertz CT molecular complexity index is 1210. The molecule has 0 aliphatic carbocycles. The third kappa shape index (κ3) is 4.00. The number of nitrogens with one attached hydrogen (secondary N) is 3. The maximum Gasteiger partial charge on any atom is 0.416 e. The van der Waals surface area contributed by atoms with Crippen LogP contribution in [-0.4, -0.2) is 22.0 Å². The third-order valence-electron chi connectivity index (χ3n) is 5.13. The number of anilines is 1. The molecule has 0 fully saturated rings. The maximum absolute atomic E-state index is 14.4. The van der Waals surface area contributed by atoms with Crippen molar-refractivity contribution >= 4 is 28.4 Å². The number of benzene rings is 2. The summed E-state index contributed by atoms with van der Waals surface area (Å²) in [4.78, 5) is 25.1. The molecule has 0 spiro atoms. The van der Waals surface area contributed by atoms with Gasteiger partial charge in [-0.2, -0.15) is 18.3 Å². The average Bonchev–Trinajstić information content (AvgIpc) is 3.14. The molecule has 0 bridgehead atoms. The molecule has 6 nitrogen and oxygen atoms in total. The van der Waals surface area contributed by atoms with Crippen LogP contribution < -0.4 is 10.6 Å². The van der Waals surface area contributed by atoms with E-state index in [1.165, 1.54) is 37.4 Å². The molecular formula is C21H16F4N4O2. The van der Waals surface area contributed by atoms with Gasteiger partial charge in [-0.1, -0.05) is 12.1 Å². The van der Waals surface area contributed by atoms with Gasteiger partial charge in [0.25, 0.3) is 5.91 Å². The van der Waals surface area contributed by atoms with Gasteiger partial charge in [0.1, 0.15) is 5.82 Å². The van der Waals surface area contributed by atoms with E-state index < -0.39 is 29.4 Å². The Morgan fingerprint density at radius 2 is 1.90 bits per heavy atom. The molecular weight excluding hydrogens is 416 g/mol. The quantitative estimate of drug-likeness (QED) is 0.541. The lowest BCUT2D eigenvalue weighted by Crippen LogP contribution is -2.35. The van der Waals surface area contributed by atoms with E-state index in [2.05, 4.69) is 20.8 Å². The molecule has 1 aliphatic heterocycles. The Balaban J connectivity index is 1.67. The number of H-pyrrole nitrogens is 1. The number of aromatic amines is 1. The fourth-order valence-electron chi connectivity index (χ4n) is 3.64. The monoisotopic (exact) mass is 432 g/mol. The maximum atomic E-state index is 14.4. The first kappa shape index (κ1) is 20.6. The Morgan fingerprint density at radius 3 is 2.58 bits per heavy atom. The molecule has 3 N–H and O–H groups in total. The van der Waals surface area contributed by atoms with E-state index in [0.717, 1.165) is 12.1 Å². The van der Waals surface area contributed by atoms with Crippen LogP contribution in [0.15, 0.2) is 53.9 Å². The minimum absolute atomic E-state index is 0.0812. The normalized spacial score (nSPS) is 17.1. The zero-order chi connectivity index (χ0) is 22.3. The smallest absolute Gasteiger partial charge is 0.330 e. The van der Waals surface area contributed by atoms with E-state index in [9.17, 15) is 27.2 Å². The molecule has 10 heteroatoms. The topological polar surface area (TPSA) is 86.9 Å². The number of allylic oxidation sites excluding steroid dienone is 1. The molecule has 0 radical (unpaired) electrons. The van der Waals surface area contributed by atoms with Gasteiger partial charge in [0, 0.05) is 35.1 Å². The summed E-state index contributed by atoms with van der Waals surface area (Å²) in [6.07, 6.45) is -3.16. The Hall–Kier alpha value is -3.69. The zero-order valence-electron chi connectivity index (χ0n) is 16.1. The van der Waals surface area contributed by atoms with Gasteiger partial charge < -0.3 is 10.6 Å². The van der Waals surface area contributed by atoms with Crippen LogP contribution in [0.2, 0.25) is 0 Å².